The SMILES string of the molecule is O=C(c1cn[nH]c1)N1CCC(N2CCOCC2)C1. The minimum atomic E-state index is 0.0829. The highest BCUT2D eigenvalue weighted by molar-refractivity contribution is 5.93. The van der Waals surface area contributed by atoms with Crippen LogP contribution >= 0.6 is 0 Å². The molecule has 98 valence electrons. The van der Waals surface area contributed by atoms with Crippen molar-refractivity contribution in [3.8, 4) is 0 Å². The number of hydrogen-bond acceptors (Lipinski definition) is 4. The van der Waals surface area contributed by atoms with Crippen LogP contribution in [-0.2, 0) is 4.74 Å². The largest absolute Gasteiger partial charge is 0.379 e. The Bertz CT molecular complexity index is 400. The maximum Gasteiger partial charge on any atom is 0.257 e. The van der Waals surface area contributed by atoms with E-state index in [0.29, 0.717) is 11.6 Å². The summed E-state index contributed by atoms with van der Waals surface area (Å²) in [5, 5.41) is 6.51. The van der Waals surface area contributed by atoms with Crippen molar-refractivity contribution < 1.29 is 9.53 Å². The number of likely N-dealkylation sites (tertiary alicyclic amines) is 1. The number of aromatic amines is 1. The number of nitrogens with one attached hydrogen (secondary N) is 1. The first-order valence-electron chi connectivity index (χ1n) is 6.44. The number of carbonyl (C=O) groups is 1. The summed E-state index contributed by atoms with van der Waals surface area (Å²) in [6.07, 6.45) is 4.30. The van der Waals surface area contributed by atoms with Gasteiger partial charge in [0.25, 0.3) is 5.91 Å². The van der Waals surface area contributed by atoms with Gasteiger partial charge in [-0.15, -0.1) is 0 Å². The quantitative estimate of drug-likeness (QED) is 0.800. The van der Waals surface area contributed by atoms with Crippen LogP contribution in [0.1, 0.15) is 16.8 Å². The monoisotopic (exact) mass is 250 g/mol. The molecule has 2 aliphatic rings. The number of H-pyrrole nitrogens is 1. The highest BCUT2D eigenvalue weighted by Crippen LogP contribution is 2.18. The number of morpholine rings is 1. The molecule has 3 heterocycles. The first-order chi connectivity index (χ1) is 8.84. The standard InChI is InChI=1S/C12H18N4O2/c17-12(10-7-13-14-8-10)16-2-1-11(9-16)15-3-5-18-6-4-15/h7-8,11H,1-6,9H2,(H,13,14). The van der Waals surface area contributed by atoms with Crippen LogP contribution in [0.25, 0.3) is 0 Å². The van der Waals surface area contributed by atoms with E-state index in [1.807, 2.05) is 4.90 Å². The Kier molecular flexibility index (Phi) is 3.29. The average molecular weight is 250 g/mol. The molecule has 0 saturated carbocycles. The number of rotatable bonds is 2. The molecule has 0 bridgehead atoms. The molecule has 2 fully saturated rings. The molecule has 2 saturated heterocycles. The normalized spacial score (nSPS) is 25.6. The number of carbonyl (C=O) groups excluding carboxylic acids is 1. The molecule has 0 aliphatic carbocycles. The number of hydrogen-bond donors (Lipinski definition) is 1. The van der Waals surface area contributed by atoms with Gasteiger partial charge >= 0.3 is 0 Å². The third-order valence-corrected chi connectivity index (χ3v) is 3.76. The van der Waals surface area contributed by atoms with Crippen molar-refractivity contribution in [2.45, 2.75) is 12.5 Å². The molecular formula is C12H18N4O2. The predicted molar refractivity (Wildman–Crippen MR) is 65.3 cm³/mol. The van der Waals surface area contributed by atoms with Crippen LogP contribution in [-0.4, -0.2) is 71.3 Å². The average Bonchev–Trinajstić information content (AvgIpc) is 3.10. The fourth-order valence-corrected chi connectivity index (χ4v) is 2.72. The summed E-state index contributed by atoms with van der Waals surface area (Å²) in [4.78, 5) is 16.5. The Hall–Kier alpha value is -1.40. The molecule has 0 radical (unpaired) electrons. The van der Waals surface area contributed by atoms with E-state index in [2.05, 4.69) is 15.1 Å². The molecule has 1 aromatic heterocycles. The van der Waals surface area contributed by atoms with Crippen molar-refractivity contribution in [1.29, 1.82) is 0 Å². The Labute approximate surface area is 106 Å². The van der Waals surface area contributed by atoms with Gasteiger partial charge < -0.3 is 9.64 Å². The fraction of sp³-hybridized carbons (Fsp3) is 0.667. The summed E-state index contributed by atoms with van der Waals surface area (Å²) in [7, 11) is 0. The van der Waals surface area contributed by atoms with Crippen molar-refractivity contribution >= 4 is 5.91 Å². The van der Waals surface area contributed by atoms with Crippen LogP contribution in [0.5, 0.6) is 0 Å². The van der Waals surface area contributed by atoms with Crippen LogP contribution in [0.3, 0.4) is 0 Å². The molecule has 18 heavy (non-hydrogen) atoms. The third kappa shape index (κ3) is 2.26. The van der Waals surface area contributed by atoms with Gasteiger partial charge in [0.2, 0.25) is 0 Å². The van der Waals surface area contributed by atoms with Crippen LogP contribution in [0.4, 0.5) is 0 Å². The Morgan fingerprint density at radius 2 is 2.22 bits per heavy atom. The second-order valence-electron chi connectivity index (χ2n) is 4.83. The lowest BCUT2D eigenvalue weighted by atomic mass is 10.2. The van der Waals surface area contributed by atoms with Crippen molar-refractivity contribution in [3.63, 3.8) is 0 Å². The zero-order valence-electron chi connectivity index (χ0n) is 10.3. The molecule has 2 aliphatic heterocycles. The Morgan fingerprint density at radius 3 is 2.94 bits per heavy atom. The Balaban J connectivity index is 1.59. The molecule has 0 spiro atoms. The number of amides is 1. The van der Waals surface area contributed by atoms with Gasteiger partial charge in [-0.3, -0.25) is 14.8 Å². The van der Waals surface area contributed by atoms with Gasteiger partial charge in [-0.2, -0.15) is 5.10 Å². The summed E-state index contributed by atoms with van der Waals surface area (Å²) in [5.74, 6) is 0.0829. The molecule has 3 rings (SSSR count). The van der Waals surface area contributed by atoms with E-state index < -0.39 is 0 Å². The summed E-state index contributed by atoms with van der Waals surface area (Å²) in [6.45, 7) is 5.26. The van der Waals surface area contributed by atoms with E-state index >= 15 is 0 Å². The van der Waals surface area contributed by atoms with Crippen molar-refractivity contribution in [1.82, 2.24) is 20.0 Å². The second kappa shape index (κ2) is 5.07. The molecular weight excluding hydrogens is 232 g/mol. The summed E-state index contributed by atoms with van der Waals surface area (Å²) >= 11 is 0. The predicted octanol–water partition coefficient (Wildman–Crippen LogP) is -0.0436. The zero-order valence-corrected chi connectivity index (χ0v) is 10.3. The van der Waals surface area contributed by atoms with Gasteiger partial charge in [0.1, 0.15) is 0 Å². The van der Waals surface area contributed by atoms with Gasteiger partial charge in [0, 0.05) is 38.4 Å². The maximum absolute atomic E-state index is 12.2. The molecule has 1 atom stereocenters. The summed E-state index contributed by atoms with van der Waals surface area (Å²) in [6, 6.07) is 0.491. The highest BCUT2D eigenvalue weighted by atomic mass is 16.5. The van der Waals surface area contributed by atoms with E-state index in [1.165, 1.54) is 0 Å². The van der Waals surface area contributed by atoms with Crippen molar-refractivity contribution in [2.24, 2.45) is 0 Å². The smallest absolute Gasteiger partial charge is 0.257 e. The van der Waals surface area contributed by atoms with Crippen molar-refractivity contribution in [3.05, 3.63) is 18.0 Å². The first-order valence-corrected chi connectivity index (χ1v) is 6.44. The highest BCUT2D eigenvalue weighted by Gasteiger charge is 2.31. The van der Waals surface area contributed by atoms with E-state index in [0.717, 1.165) is 45.8 Å². The van der Waals surface area contributed by atoms with Gasteiger partial charge in [0.05, 0.1) is 25.0 Å². The molecule has 1 unspecified atom stereocenters. The van der Waals surface area contributed by atoms with Gasteiger partial charge in [0.15, 0.2) is 0 Å². The number of nitrogens with zero attached hydrogens (tertiary/aromatic N) is 3. The molecule has 0 aromatic carbocycles. The second-order valence-corrected chi connectivity index (χ2v) is 4.83. The van der Waals surface area contributed by atoms with Gasteiger partial charge in [-0.25, -0.2) is 0 Å². The van der Waals surface area contributed by atoms with Crippen LogP contribution in [0, 0.1) is 0 Å². The first kappa shape index (κ1) is 11.7. The fourth-order valence-electron chi connectivity index (χ4n) is 2.72. The summed E-state index contributed by atoms with van der Waals surface area (Å²) in [5.41, 5.74) is 0.651. The topological polar surface area (TPSA) is 61.5 Å². The third-order valence-electron chi connectivity index (χ3n) is 3.76. The molecule has 6 heteroatoms. The van der Waals surface area contributed by atoms with E-state index in [1.54, 1.807) is 12.4 Å². The van der Waals surface area contributed by atoms with Gasteiger partial charge in [-0.05, 0) is 6.42 Å². The maximum atomic E-state index is 12.2. The molecule has 1 amide bonds. The van der Waals surface area contributed by atoms with Crippen LogP contribution in [0.15, 0.2) is 12.4 Å². The zero-order chi connectivity index (χ0) is 12.4. The lowest BCUT2D eigenvalue weighted by molar-refractivity contribution is 0.0185. The van der Waals surface area contributed by atoms with E-state index in [-0.39, 0.29) is 5.91 Å². The molecule has 1 N–H and O–H groups in total. The minimum absolute atomic E-state index is 0.0829. The van der Waals surface area contributed by atoms with Crippen molar-refractivity contribution in [2.75, 3.05) is 39.4 Å². The number of aromatic nitrogens is 2. The Morgan fingerprint density at radius 1 is 1.39 bits per heavy atom. The van der Waals surface area contributed by atoms with E-state index in [9.17, 15) is 4.79 Å². The number of ether oxygens (including phenoxy) is 1. The lowest BCUT2D eigenvalue weighted by Gasteiger charge is -2.32. The summed E-state index contributed by atoms with van der Waals surface area (Å²) < 4.78 is 5.36. The molecule has 1 aromatic rings. The molecule has 6 nitrogen and oxygen atoms in total. The van der Waals surface area contributed by atoms with E-state index in [4.69, 9.17) is 4.74 Å². The minimum Gasteiger partial charge on any atom is -0.379 e. The van der Waals surface area contributed by atoms with Crippen LogP contribution in [0.2, 0.25) is 0 Å². The van der Waals surface area contributed by atoms with Gasteiger partial charge in [-0.1, -0.05) is 0 Å². The lowest BCUT2D eigenvalue weighted by Crippen LogP contribution is -2.45. The van der Waals surface area contributed by atoms with Crippen LogP contribution < -0.4 is 0 Å².